The third-order valence-corrected chi connectivity index (χ3v) is 3.80. The molecule has 3 rings (SSSR count). The van der Waals surface area contributed by atoms with E-state index in [2.05, 4.69) is 40.7 Å². The average Bonchev–Trinajstić information content (AvgIpc) is 2.72. The molecule has 0 atom stereocenters. The van der Waals surface area contributed by atoms with Gasteiger partial charge in [0.1, 0.15) is 5.84 Å². The number of amidine groups is 1. The number of ether oxygens (including phenoxy) is 2. The molecule has 23 heavy (non-hydrogen) atoms. The second-order valence-electron chi connectivity index (χ2n) is 5.43. The first-order valence-corrected chi connectivity index (χ1v) is 7.55. The number of aryl methyl sites for hydroxylation is 1. The molecule has 120 valence electrons. The highest BCUT2D eigenvalue weighted by Crippen LogP contribution is 2.32. The Morgan fingerprint density at radius 1 is 0.957 bits per heavy atom. The molecule has 2 N–H and O–H groups in total. The van der Waals surface area contributed by atoms with Gasteiger partial charge in [-0.25, -0.2) is 0 Å². The Labute approximate surface area is 136 Å². The number of fused-ring (bicyclic) bond motifs is 2. The standard InChI is InChI=1S/C18H21N3O2/c1-12-8-9-15-16(10-12)21-18(19-11-17(22-2)23-3)13-6-4-5-7-14(13)20-15/h4-10,17,20H,11H2,1-3H3,(H,19,21). The van der Waals surface area contributed by atoms with Gasteiger partial charge in [0.25, 0.3) is 0 Å². The highest BCUT2D eigenvalue weighted by molar-refractivity contribution is 6.15. The molecular weight excluding hydrogens is 290 g/mol. The van der Waals surface area contributed by atoms with Crippen molar-refractivity contribution in [3.05, 3.63) is 53.6 Å². The summed E-state index contributed by atoms with van der Waals surface area (Å²) in [4.78, 5) is 4.67. The molecule has 0 amide bonds. The van der Waals surface area contributed by atoms with E-state index in [9.17, 15) is 0 Å². The van der Waals surface area contributed by atoms with Gasteiger partial charge < -0.3 is 20.1 Å². The number of methoxy groups -OCH3 is 2. The van der Waals surface area contributed by atoms with E-state index in [-0.39, 0.29) is 6.29 Å². The first-order chi connectivity index (χ1) is 11.2. The van der Waals surface area contributed by atoms with Gasteiger partial charge in [0, 0.05) is 25.5 Å². The molecule has 2 aromatic rings. The lowest BCUT2D eigenvalue weighted by atomic mass is 10.1. The van der Waals surface area contributed by atoms with Gasteiger partial charge >= 0.3 is 0 Å². The van der Waals surface area contributed by atoms with Crippen molar-refractivity contribution in [3.63, 3.8) is 0 Å². The predicted molar refractivity (Wildman–Crippen MR) is 93.7 cm³/mol. The van der Waals surface area contributed by atoms with Crippen LogP contribution >= 0.6 is 0 Å². The highest BCUT2D eigenvalue weighted by atomic mass is 16.7. The SMILES string of the molecule is COC(CN=C1Nc2cc(C)ccc2Nc2ccccc21)OC. The van der Waals surface area contributed by atoms with Crippen molar-refractivity contribution in [2.75, 3.05) is 31.4 Å². The molecule has 1 heterocycles. The van der Waals surface area contributed by atoms with Crippen LogP contribution in [0.5, 0.6) is 0 Å². The number of anilines is 3. The number of para-hydroxylation sites is 1. The minimum atomic E-state index is -0.357. The van der Waals surface area contributed by atoms with Crippen molar-refractivity contribution < 1.29 is 9.47 Å². The van der Waals surface area contributed by atoms with E-state index in [1.807, 2.05) is 24.3 Å². The largest absolute Gasteiger partial charge is 0.354 e. The maximum Gasteiger partial charge on any atom is 0.176 e. The molecule has 0 radical (unpaired) electrons. The Morgan fingerprint density at radius 3 is 2.52 bits per heavy atom. The maximum absolute atomic E-state index is 5.23. The van der Waals surface area contributed by atoms with Gasteiger partial charge in [0.2, 0.25) is 0 Å². The minimum absolute atomic E-state index is 0.357. The monoisotopic (exact) mass is 311 g/mol. The summed E-state index contributed by atoms with van der Waals surface area (Å²) in [5.41, 5.74) is 5.27. The summed E-state index contributed by atoms with van der Waals surface area (Å²) >= 11 is 0. The minimum Gasteiger partial charge on any atom is -0.354 e. The van der Waals surface area contributed by atoms with Crippen LogP contribution in [0.4, 0.5) is 17.1 Å². The fourth-order valence-corrected chi connectivity index (χ4v) is 2.54. The van der Waals surface area contributed by atoms with Crippen molar-refractivity contribution in [3.8, 4) is 0 Å². The fraction of sp³-hybridized carbons (Fsp3) is 0.278. The van der Waals surface area contributed by atoms with Gasteiger partial charge in [-0.05, 0) is 36.8 Å². The fourth-order valence-electron chi connectivity index (χ4n) is 2.54. The molecule has 0 bridgehead atoms. The molecular formula is C18H21N3O2. The summed E-state index contributed by atoms with van der Waals surface area (Å²) in [6.45, 7) is 2.49. The van der Waals surface area contributed by atoms with Crippen LogP contribution in [0.25, 0.3) is 0 Å². The molecule has 0 saturated heterocycles. The summed E-state index contributed by atoms with van der Waals surface area (Å²) in [6, 6.07) is 14.4. The number of hydrogen-bond acceptors (Lipinski definition) is 4. The topological polar surface area (TPSA) is 54.9 Å². The van der Waals surface area contributed by atoms with Crippen LogP contribution in [0.2, 0.25) is 0 Å². The van der Waals surface area contributed by atoms with Crippen LogP contribution in [0.1, 0.15) is 11.1 Å². The van der Waals surface area contributed by atoms with E-state index in [0.29, 0.717) is 6.54 Å². The molecule has 0 saturated carbocycles. The molecule has 2 aromatic carbocycles. The van der Waals surface area contributed by atoms with Crippen molar-refractivity contribution in [1.29, 1.82) is 0 Å². The lowest BCUT2D eigenvalue weighted by Gasteiger charge is -2.13. The third kappa shape index (κ3) is 3.36. The zero-order valence-corrected chi connectivity index (χ0v) is 13.6. The molecule has 1 aliphatic rings. The van der Waals surface area contributed by atoms with Crippen molar-refractivity contribution >= 4 is 22.9 Å². The molecule has 0 aromatic heterocycles. The zero-order chi connectivity index (χ0) is 16.2. The second kappa shape index (κ2) is 6.81. The molecule has 0 unspecified atom stereocenters. The lowest BCUT2D eigenvalue weighted by Crippen LogP contribution is -2.20. The number of benzene rings is 2. The normalized spacial score (nSPS) is 14.7. The van der Waals surface area contributed by atoms with E-state index < -0.39 is 0 Å². The Balaban J connectivity index is 2.02. The average molecular weight is 311 g/mol. The van der Waals surface area contributed by atoms with Crippen LogP contribution in [0.15, 0.2) is 47.5 Å². The van der Waals surface area contributed by atoms with Gasteiger partial charge in [-0.3, -0.25) is 4.99 Å². The molecule has 0 fully saturated rings. The van der Waals surface area contributed by atoms with Crippen LogP contribution in [0, 0.1) is 6.92 Å². The van der Waals surface area contributed by atoms with Crippen molar-refractivity contribution in [1.82, 2.24) is 0 Å². The summed E-state index contributed by atoms with van der Waals surface area (Å²) in [6.07, 6.45) is -0.357. The first-order valence-electron chi connectivity index (χ1n) is 7.55. The number of nitrogens with zero attached hydrogens (tertiary/aromatic N) is 1. The molecule has 0 aliphatic carbocycles. The molecule has 5 heteroatoms. The van der Waals surface area contributed by atoms with E-state index in [1.165, 1.54) is 5.56 Å². The Morgan fingerprint density at radius 2 is 1.74 bits per heavy atom. The van der Waals surface area contributed by atoms with Gasteiger partial charge in [0.05, 0.1) is 17.9 Å². The van der Waals surface area contributed by atoms with Gasteiger partial charge in [-0.2, -0.15) is 0 Å². The molecule has 5 nitrogen and oxygen atoms in total. The second-order valence-corrected chi connectivity index (χ2v) is 5.43. The third-order valence-electron chi connectivity index (χ3n) is 3.80. The first kappa shape index (κ1) is 15.5. The van der Waals surface area contributed by atoms with E-state index in [4.69, 9.17) is 9.47 Å². The predicted octanol–water partition coefficient (Wildman–Crippen LogP) is 3.53. The molecule has 1 aliphatic heterocycles. The van der Waals surface area contributed by atoms with Crippen molar-refractivity contribution in [2.24, 2.45) is 4.99 Å². The van der Waals surface area contributed by atoms with Gasteiger partial charge in [-0.1, -0.05) is 18.2 Å². The number of rotatable bonds is 4. The number of nitrogens with one attached hydrogen (secondary N) is 2. The quantitative estimate of drug-likeness (QED) is 0.848. The van der Waals surface area contributed by atoms with Crippen LogP contribution in [-0.2, 0) is 9.47 Å². The smallest absolute Gasteiger partial charge is 0.176 e. The van der Waals surface area contributed by atoms with E-state index in [0.717, 1.165) is 28.5 Å². The van der Waals surface area contributed by atoms with E-state index in [1.54, 1.807) is 14.2 Å². The van der Waals surface area contributed by atoms with Crippen LogP contribution in [0.3, 0.4) is 0 Å². The van der Waals surface area contributed by atoms with E-state index >= 15 is 0 Å². The lowest BCUT2D eigenvalue weighted by molar-refractivity contribution is -0.0936. The summed E-state index contributed by atoms with van der Waals surface area (Å²) in [7, 11) is 3.23. The van der Waals surface area contributed by atoms with Crippen LogP contribution < -0.4 is 10.6 Å². The number of hydrogen-bond donors (Lipinski definition) is 2. The summed E-state index contributed by atoms with van der Waals surface area (Å²) in [5, 5.41) is 6.91. The Bertz CT molecular complexity index is 724. The van der Waals surface area contributed by atoms with Gasteiger partial charge in [-0.15, -0.1) is 0 Å². The van der Waals surface area contributed by atoms with Crippen molar-refractivity contribution in [2.45, 2.75) is 13.2 Å². The zero-order valence-electron chi connectivity index (χ0n) is 13.6. The number of aliphatic imine (C=N–C) groups is 1. The summed E-state index contributed by atoms with van der Waals surface area (Å²) in [5.74, 6) is 0.802. The molecule has 0 spiro atoms. The highest BCUT2D eigenvalue weighted by Gasteiger charge is 2.17. The van der Waals surface area contributed by atoms with Gasteiger partial charge in [0.15, 0.2) is 6.29 Å². The van der Waals surface area contributed by atoms with Crippen LogP contribution in [-0.4, -0.2) is 32.9 Å². The summed E-state index contributed by atoms with van der Waals surface area (Å²) < 4.78 is 10.5. The maximum atomic E-state index is 5.23. The Kier molecular flexibility index (Phi) is 4.60. The Hall–Kier alpha value is -2.37.